The number of rotatable bonds is 3. The minimum atomic E-state index is 0.684. The lowest BCUT2D eigenvalue weighted by atomic mass is 9.94. The maximum atomic E-state index is 5.56. The zero-order valence-corrected chi connectivity index (χ0v) is 10.1. The Bertz CT molecular complexity index is 303. The van der Waals surface area contributed by atoms with E-state index in [0.29, 0.717) is 5.92 Å². The number of aryl methyl sites for hydroxylation is 1. The highest BCUT2D eigenvalue weighted by atomic mass is 32.1. The fourth-order valence-corrected chi connectivity index (χ4v) is 2.90. The highest BCUT2D eigenvalue weighted by Gasteiger charge is 2.21. The van der Waals surface area contributed by atoms with Crippen LogP contribution < -0.4 is 5.73 Å². The van der Waals surface area contributed by atoms with Crippen molar-refractivity contribution >= 4 is 11.3 Å². The van der Waals surface area contributed by atoms with Gasteiger partial charge in [-0.2, -0.15) is 0 Å². The number of likely N-dealkylation sites (tertiary alicyclic amines) is 1. The van der Waals surface area contributed by atoms with Gasteiger partial charge in [0.05, 0.1) is 10.7 Å². The summed E-state index contributed by atoms with van der Waals surface area (Å²) in [5.41, 5.74) is 6.87. The van der Waals surface area contributed by atoms with Crippen molar-refractivity contribution in [1.82, 2.24) is 9.88 Å². The van der Waals surface area contributed by atoms with Crippen molar-refractivity contribution in [3.63, 3.8) is 0 Å². The topological polar surface area (TPSA) is 42.2 Å². The first kappa shape index (κ1) is 11.0. The normalized spacial score (nSPS) is 19.6. The van der Waals surface area contributed by atoms with Crippen LogP contribution in [-0.2, 0) is 0 Å². The molecular weight excluding hydrogens is 206 g/mol. The molecule has 1 fully saturated rings. The summed E-state index contributed by atoms with van der Waals surface area (Å²) in [6, 6.07) is 0. The van der Waals surface area contributed by atoms with Crippen LogP contribution in [0.25, 0.3) is 0 Å². The summed E-state index contributed by atoms with van der Waals surface area (Å²) in [7, 11) is 0. The van der Waals surface area contributed by atoms with Crippen LogP contribution in [0.2, 0.25) is 0 Å². The average Bonchev–Trinajstić information content (AvgIpc) is 2.67. The number of hydrogen-bond acceptors (Lipinski definition) is 4. The molecule has 84 valence electrons. The Kier molecular flexibility index (Phi) is 3.72. The second kappa shape index (κ2) is 5.05. The molecule has 1 saturated heterocycles. The van der Waals surface area contributed by atoms with Crippen LogP contribution in [0.3, 0.4) is 0 Å². The summed E-state index contributed by atoms with van der Waals surface area (Å²) in [6.07, 6.45) is 2.48. The highest BCUT2D eigenvalue weighted by Crippen LogP contribution is 2.28. The quantitative estimate of drug-likeness (QED) is 0.849. The molecule has 2 N–H and O–H groups in total. The highest BCUT2D eigenvalue weighted by molar-refractivity contribution is 7.09. The molecule has 15 heavy (non-hydrogen) atoms. The number of nitrogens with two attached hydrogens (primary N) is 1. The Labute approximate surface area is 95.3 Å². The zero-order chi connectivity index (χ0) is 10.7. The van der Waals surface area contributed by atoms with Crippen molar-refractivity contribution < 1.29 is 0 Å². The number of hydrogen-bond donors (Lipinski definition) is 1. The summed E-state index contributed by atoms with van der Waals surface area (Å²) in [4.78, 5) is 7.03. The monoisotopic (exact) mass is 225 g/mol. The molecule has 0 atom stereocenters. The van der Waals surface area contributed by atoms with Gasteiger partial charge < -0.3 is 10.6 Å². The van der Waals surface area contributed by atoms with Crippen LogP contribution in [0.15, 0.2) is 5.38 Å². The zero-order valence-electron chi connectivity index (χ0n) is 9.28. The molecule has 0 amide bonds. The third kappa shape index (κ3) is 2.77. The Hall–Kier alpha value is -0.450. The number of aromatic nitrogens is 1. The first-order valence-electron chi connectivity index (χ1n) is 5.64. The van der Waals surface area contributed by atoms with Gasteiger partial charge in [-0.3, -0.25) is 0 Å². The number of piperidine rings is 1. The molecule has 1 aliphatic rings. The molecule has 4 heteroatoms. The van der Waals surface area contributed by atoms with Crippen LogP contribution in [0.5, 0.6) is 0 Å². The first-order valence-corrected chi connectivity index (χ1v) is 6.52. The molecule has 0 aromatic carbocycles. The SMILES string of the molecule is Cc1nc(C2CCN(CCN)CC2)cs1. The van der Waals surface area contributed by atoms with Crippen molar-refractivity contribution in [3.8, 4) is 0 Å². The molecule has 2 heterocycles. The van der Waals surface area contributed by atoms with Gasteiger partial charge in [-0.1, -0.05) is 0 Å². The van der Waals surface area contributed by atoms with E-state index in [1.54, 1.807) is 11.3 Å². The van der Waals surface area contributed by atoms with E-state index in [4.69, 9.17) is 5.73 Å². The first-order chi connectivity index (χ1) is 7.29. The second-order valence-corrected chi connectivity index (χ2v) is 5.26. The number of nitrogens with zero attached hydrogens (tertiary/aromatic N) is 2. The van der Waals surface area contributed by atoms with E-state index in [0.717, 1.165) is 13.1 Å². The van der Waals surface area contributed by atoms with Gasteiger partial charge in [0.15, 0.2) is 0 Å². The fraction of sp³-hybridized carbons (Fsp3) is 0.727. The lowest BCUT2D eigenvalue weighted by Crippen LogP contribution is -2.36. The van der Waals surface area contributed by atoms with Crippen molar-refractivity contribution in [2.75, 3.05) is 26.2 Å². The molecule has 1 aliphatic heterocycles. The molecule has 1 aromatic rings. The minimum absolute atomic E-state index is 0.684. The Morgan fingerprint density at radius 2 is 2.27 bits per heavy atom. The second-order valence-electron chi connectivity index (χ2n) is 4.20. The van der Waals surface area contributed by atoms with Gasteiger partial charge in [-0.25, -0.2) is 4.98 Å². The summed E-state index contributed by atoms with van der Waals surface area (Å²) >= 11 is 1.76. The van der Waals surface area contributed by atoms with Crippen LogP contribution in [0, 0.1) is 6.92 Å². The Morgan fingerprint density at radius 1 is 1.53 bits per heavy atom. The van der Waals surface area contributed by atoms with Gasteiger partial charge in [-0.15, -0.1) is 11.3 Å². The predicted molar refractivity (Wildman–Crippen MR) is 64.3 cm³/mol. The maximum absolute atomic E-state index is 5.56. The van der Waals surface area contributed by atoms with Crippen molar-refractivity contribution in [3.05, 3.63) is 16.1 Å². The predicted octanol–water partition coefficient (Wildman–Crippen LogP) is 1.59. The van der Waals surface area contributed by atoms with Gasteiger partial charge in [0.25, 0.3) is 0 Å². The van der Waals surface area contributed by atoms with Gasteiger partial charge >= 0.3 is 0 Å². The Morgan fingerprint density at radius 3 is 2.80 bits per heavy atom. The van der Waals surface area contributed by atoms with Gasteiger partial charge in [0.1, 0.15) is 0 Å². The molecule has 3 nitrogen and oxygen atoms in total. The number of thiazole rings is 1. The molecule has 0 aliphatic carbocycles. The van der Waals surface area contributed by atoms with Crippen molar-refractivity contribution in [1.29, 1.82) is 0 Å². The molecule has 0 spiro atoms. The molecular formula is C11H19N3S. The van der Waals surface area contributed by atoms with Crippen LogP contribution >= 0.6 is 11.3 Å². The van der Waals surface area contributed by atoms with E-state index in [2.05, 4.69) is 22.2 Å². The third-order valence-corrected chi connectivity index (χ3v) is 3.88. The summed E-state index contributed by atoms with van der Waals surface area (Å²) in [6.45, 7) is 6.26. The van der Waals surface area contributed by atoms with Crippen LogP contribution in [0.1, 0.15) is 29.5 Å². The standard InChI is InChI=1S/C11H19N3S/c1-9-13-11(8-15-9)10-2-5-14(6-3-10)7-4-12/h8,10H,2-7,12H2,1H3. The van der Waals surface area contributed by atoms with Crippen LogP contribution in [0.4, 0.5) is 0 Å². The van der Waals surface area contributed by atoms with E-state index in [1.807, 2.05) is 0 Å². The molecule has 0 bridgehead atoms. The minimum Gasteiger partial charge on any atom is -0.329 e. The largest absolute Gasteiger partial charge is 0.329 e. The molecule has 0 radical (unpaired) electrons. The summed E-state index contributed by atoms with van der Waals surface area (Å²) < 4.78 is 0. The lowest BCUT2D eigenvalue weighted by Gasteiger charge is -2.30. The van der Waals surface area contributed by atoms with E-state index in [1.165, 1.54) is 36.6 Å². The fourth-order valence-electron chi connectivity index (χ4n) is 2.20. The maximum Gasteiger partial charge on any atom is 0.0897 e. The van der Waals surface area contributed by atoms with E-state index < -0.39 is 0 Å². The molecule has 1 aromatic heterocycles. The lowest BCUT2D eigenvalue weighted by molar-refractivity contribution is 0.216. The third-order valence-electron chi connectivity index (χ3n) is 3.09. The van der Waals surface area contributed by atoms with E-state index in [-0.39, 0.29) is 0 Å². The molecule has 0 unspecified atom stereocenters. The van der Waals surface area contributed by atoms with Crippen molar-refractivity contribution in [2.24, 2.45) is 5.73 Å². The van der Waals surface area contributed by atoms with E-state index >= 15 is 0 Å². The molecule has 0 saturated carbocycles. The summed E-state index contributed by atoms with van der Waals surface area (Å²) in [5, 5.41) is 3.41. The summed E-state index contributed by atoms with van der Waals surface area (Å²) in [5.74, 6) is 0.684. The van der Waals surface area contributed by atoms with Gasteiger partial charge in [0.2, 0.25) is 0 Å². The Balaban J connectivity index is 1.88. The van der Waals surface area contributed by atoms with Gasteiger partial charge in [-0.05, 0) is 32.9 Å². The van der Waals surface area contributed by atoms with Crippen LogP contribution in [-0.4, -0.2) is 36.1 Å². The van der Waals surface area contributed by atoms with Crippen molar-refractivity contribution in [2.45, 2.75) is 25.7 Å². The van der Waals surface area contributed by atoms with Gasteiger partial charge in [0, 0.05) is 24.4 Å². The average molecular weight is 225 g/mol. The smallest absolute Gasteiger partial charge is 0.0897 e. The van der Waals surface area contributed by atoms with E-state index in [9.17, 15) is 0 Å². The molecule has 2 rings (SSSR count).